The van der Waals surface area contributed by atoms with Crippen LogP contribution in [-0.4, -0.2) is 24.3 Å². The fraction of sp³-hybridized carbons (Fsp3) is 0.111. The highest BCUT2D eigenvalue weighted by Gasteiger charge is 2.16. The number of benzene rings is 2. The Kier molecular flexibility index (Phi) is 5.24. The number of anilines is 1. The maximum Gasteiger partial charge on any atom is 0.412 e. The van der Waals surface area contributed by atoms with E-state index >= 15 is 0 Å². The van der Waals surface area contributed by atoms with Gasteiger partial charge in [0, 0.05) is 6.20 Å². The first-order valence-corrected chi connectivity index (χ1v) is 9.54. The van der Waals surface area contributed by atoms with Crippen LogP contribution >= 0.6 is 0 Å². The van der Waals surface area contributed by atoms with Gasteiger partial charge in [0.1, 0.15) is 6.61 Å². The van der Waals surface area contributed by atoms with Gasteiger partial charge in [-0.25, -0.2) is 23.0 Å². The van der Waals surface area contributed by atoms with Gasteiger partial charge in [0.05, 0.1) is 22.5 Å². The summed E-state index contributed by atoms with van der Waals surface area (Å²) in [5.74, 6) is 0. The van der Waals surface area contributed by atoms with Crippen LogP contribution in [0.2, 0.25) is 0 Å². The Morgan fingerprint density at radius 1 is 1.22 bits per heavy atom. The zero-order valence-corrected chi connectivity index (χ0v) is 15.3. The lowest BCUT2D eigenvalue weighted by atomic mass is 10.2. The number of carbonyl (C=O) groups is 1. The summed E-state index contributed by atoms with van der Waals surface area (Å²) in [7, 11) is -3.93. The normalized spacial score (nSPS) is 11.2. The number of aryl methyl sites for hydroxylation is 1. The molecule has 0 bridgehead atoms. The van der Waals surface area contributed by atoms with Crippen LogP contribution in [0.4, 0.5) is 10.5 Å². The first-order valence-electron chi connectivity index (χ1n) is 7.99. The zero-order valence-electron chi connectivity index (χ0n) is 14.5. The van der Waals surface area contributed by atoms with Crippen LogP contribution in [0.1, 0.15) is 11.1 Å². The summed E-state index contributed by atoms with van der Waals surface area (Å²) in [6.07, 6.45) is 2.66. The van der Waals surface area contributed by atoms with Crippen molar-refractivity contribution in [3.05, 3.63) is 72.1 Å². The van der Waals surface area contributed by atoms with Gasteiger partial charge < -0.3 is 4.74 Å². The Morgan fingerprint density at radius 2 is 1.96 bits per heavy atom. The minimum Gasteiger partial charge on any atom is -0.444 e. The summed E-state index contributed by atoms with van der Waals surface area (Å²) in [5.41, 5.74) is 2.42. The van der Waals surface area contributed by atoms with E-state index in [0.717, 1.165) is 11.1 Å². The van der Waals surface area contributed by atoms with Crippen LogP contribution in [0.5, 0.6) is 0 Å². The van der Waals surface area contributed by atoms with E-state index in [0.29, 0.717) is 5.69 Å². The molecule has 0 saturated heterocycles. The molecule has 0 aliphatic rings. The molecule has 0 aliphatic carbocycles. The van der Waals surface area contributed by atoms with Crippen molar-refractivity contribution in [1.82, 2.24) is 9.78 Å². The number of amides is 1. The topological polar surface area (TPSA) is 116 Å². The second-order valence-corrected chi connectivity index (χ2v) is 7.43. The number of primary sulfonamides is 1. The first kappa shape index (κ1) is 18.6. The summed E-state index contributed by atoms with van der Waals surface area (Å²) in [6, 6.07) is 13.3. The number of nitrogens with zero attached hydrogens (tertiary/aromatic N) is 2. The summed E-state index contributed by atoms with van der Waals surface area (Å²) >= 11 is 0. The van der Waals surface area contributed by atoms with Crippen molar-refractivity contribution in [3.63, 3.8) is 0 Å². The van der Waals surface area contributed by atoms with E-state index in [1.807, 2.05) is 37.3 Å². The summed E-state index contributed by atoms with van der Waals surface area (Å²) in [4.78, 5) is 12.1. The van der Waals surface area contributed by atoms with E-state index < -0.39 is 16.1 Å². The summed E-state index contributed by atoms with van der Waals surface area (Å²) < 4.78 is 30.0. The molecular formula is C18H18N4O4S. The molecule has 2 aromatic carbocycles. The van der Waals surface area contributed by atoms with Crippen LogP contribution in [0.3, 0.4) is 0 Å². The lowest BCUT2D eigenvalue weighted by Crippen LogP contribution is -2.17. The van der Waals surface area contributed by atoms with E-state index in [1.165, 1.54) is 22.9 Å². The van der Waals surface area contributed by atoms with E-state index in [9.17, 15) is 13.2 Å². The molecule has 1 aromatic heterocycles. The number of nitrogens with one attached hydrogen (secondary N) is 1. The molecule has 0 atom stereocenters. The number of ether oxygens (including phenoxy) is 1. The molecule has 1 amide bonds. The Bertz CT molecular complexity index is 1060. The third kappa shape index (κ3) is 4.72. The highest BCUT2D eigenvalue weighted by molar-refractivity contribution is 7.89. The molecule has 0 saturated carbocycles. The molecule has 0 spiro atoms. The van der Waals surface area contributed by atoms with Gasteiger partial charge in [-0.05, 0) is 36.2 Å². The number of aromatic nitrogens is 2. The van der Waals surface area contributed by atoms with E-state index in [2.05, 4.69) is 10.4 Å². The zero-order chi connectivity index (χ0) is 19.4. The summed E-state index contributed by atoms with van der Waals surface area (Å²) in [6.45, 7) is 1.95. The number of carbonyl (C=O) groups excluding carboxylic acids is 1. The van der Waals surface area contributed by atoms with E-state index in [1.54, 1.807) is 12.4 Å². The molecule has 3 aromatic rings. The Labute approximate surface area is 156 Å². The Morgan fingerprint density at radius 3 is 2.59 bits per heavy atom. The highest BCUT2D eigenvalue weighted by Crippen LogP contribution is 2.24. The number of hydrogen-bond donors (Lipinski definition) is 2. The molecule has 0 fully saturated rings. The molecule has 27 heavy (non-hydrogen) atoms. The lowest BCUT2D eigenvalue weighted by Gasteiger charge is -2.13. The van der Waals surface area contributed by atoms with Gasteiger partial charge in [0.25, 0.3) is 0 Å². The van der Waals surface area contributed by atoms with Crippen LogP contribution < -0.4 is 10.5 Å². The second-order valence-electron chi connectivity index (χ2n) is 5.87. The predicted molar refractivity (Wildman–Crippen MR) is 99.9 cm³/mol. The molecule has 140 valence electrons. The maximum absolute atomic E-state index is 12.2. The minimum absolute atomic E-state index is 0.0811. The largest absolute Gasteiger partial charge is 0.444 e. The second kappa shape index (κ2) is 7.60. The van der Waals surface area contributed by atoms with Crippen molar-refractivity contribution < 1.29 is 17.9 Å². The van der Waals surface area contributed by atoms with Crippen molar-refractivity contribution >= 4 is 21.8 Å². The number of sulfonamides is 1. The summed E-state index contributed by atoms with van der Waals surface area (Å²) in [5, 5.41) is 11.9. The monoisotopic (exact) mass is 386 g/mol. The predicted octanol–water partition coefficient (Wildman–Crippen LogP) is 2.58. The van der Waals surface area contributed by atoms with Gasteiger partial charge in [0.2, 0.25) is 10.0 Å². The van der Waals surface area contributed by atoms with Crippen molar-refractivity contribution in [3.8, 4) is 5.69 Å². The lowest BCUT2D eigenvalue weighted by molar-refractivity contribution is 0.155. The molecule has 9 heteroatoms. The quantitative estimate of drug-likeness (QED) is 0.699. The average Bonchev–Trinajstić information content (AvgIpc) is 3.06. The molecule has 0 radical (unpaired) electrons. The van der Waals surface area contributed by atoms with Gasteiger partial charge in [-0.15, -0.1) is 0 Å². The van der Waals surface area contributed by atoms with Crippen molar-refractivity contribution in [2.24, 2.45) is 5.14 Å². The first-order chi connectivity index (χ1) is 12.8. The van der Waals surface area contributed by atoms with Crippen molar-refractivity contribution in [2.45, 2.75) is 18.4 Å². The molecule has 8 nitrogen and oxygen atoms in total. The average molecular weight is 386 g/mol. The van der Waals surface area contributed by atoms with E-state index in [-0.39, 0.29) is 17.2 Å². The van der Waals surface area contributed by atoms with E-state index in [4.69, 9.17) is 9.88 Å². The van der Waals surface area contributed by atoms with Crippen LogP contribution in [-0.2, 0) is 21.4 Å². The van der Waals surface area contributed by atoms with Crippen LogP contribution in [0.25, 0.3) is 5.69 Å². The Balaban J connectivity index is 1.86. The molecule has 3 N–H and O–H groups in total. The number of rotatable bonds is 5. The third-order valence-electron chi connectivity index (χ3n) is 3.70. The smallest absolute Gasteiger partial charge is 0.412 e. The number of nitrogens with two attached hydrogens (primary N) is 1. The van der Waals surface area contributed by atoms with Gasteiger partial charge in [0.15, 0.2) is 0 Å². The molecule has 3 rings (SSSR count). The van der Waals surface area contributed by atoms with Crippen molar-refractivity contribution in [2.75, 3.05) is 5.32 Å². The third-order valence-corrected chi connectivity index (χ3v) is 4.62. The van der Waals surface area contributed by atoms with Gasteiger partial charge in [-0.2, -0.15) is 5.10 Å². The van der Waals surface area contributed by atoms with Gasteiger partial charge in [-0.1, -0.05) is 30.3 Å². The minimum atomic E-state index is -3.93. The van der Waals surface area contributed by atoms with Crippen LogP contribution in [0.15, 0.2) is 65.8 Å². The molecule has 0 aliphatic heterocycles. The molecule has 1 heterocycles. The fourth-order valence-corrected chi connectivity index (χ4v) is 2.95. The maximum atomic E-state index is 12.2. The molecular weight excluding hydrogens is 368 g/mol. The Hall–Kier alpha value is -3.17. The number of hydrogen-bond acceptors (Lipinski definition) is 5. The molecule has 0 unspecified atom stereocenters. The van der Waals surface area contributed by atoms with Crippen molar-refractivity contribution in [1.29, 1.82) is 0 Å². The van der Waals surface area contributed by atoms with Crippen LogP contribution in [0, 0.1) is 6.92 Å². The van der Waals surface area contributed by atoms with Gasteiger partial charge in [-0.3, -0.25) is 5.32 Å². The van der Waals surface area contributed by atoms with Gasteiger partial charge >= 0.3 is 6.09 Å². The highest BCUT2D eigenvalue weighted by atomic mass is 32.2. The fourth-order valence-electron chi connectivity index (χ4n) is 2.41. The standard InChI is InChI=1S/C18H18N4O4S/c1-13-10-20-22(11-13)17-8-7-15(27(19,24)25)9-16(17)21-18(23)26-12-14-5-3-2-4-6-14/h2-11H,12H2,1H3,(H,21,23)(H2,19,24,25). The SMILES string of the molecule is Cc1cnn(-c2ccc(S(N)(=O)=O)cc2NC(=O)OCc2ccccc2)c1.